The van der Waals surface area contributed by atoms with Gasteiger partial charge in [-0.2, -0.15) is 0 Å². The number of halogens is 2. The summed E-state index contributed by atoms with van der Waals surface area (Å²) in [6.45, 7) is 3.92. The zero-order valence-electron chi connectivity index (χ0n) is 12.5. The van der Waals surface area contributed by atoms with Crippen molar-refractivity contribution < 1.29 is 4.74 Å². The summed E-state index contributed by atoms with van der Waals surface area (Å²) in [5, 5.41) is 3.34. The minimum Gasteiger partial charge on any atom is -0.377 e. The van der Waals surface area contributed by atoms with E-state index in [0.717, 1.165) is 28.8 Å². The first kappa shape index (κ1) is 15.2. The van der Waals surface area contributed by atoms with Gasteiger partial charge in [0.15, 0.2) is 10.2 Å². The molecule has 2 saturated heterocycles. The molecule has 1 unspecified atom stereocenters. The van der Waals surface area contributed by atoms with Crippen LogP contribution in [0.15, 0.2) is 16.2 Å². The number of thiazole rings is 1. The number of nitrogens with zero attached hydrogens (tertiary/aromatic N) is 4. The normalized spacial score (nSPS) is 34.5. The second-order valence-electron chi connectivity index (χ2n) is 6.34. The van der Waals surface area contributed by atoms with Crippen LogP contribution in [0, 0.1) is 0 Å². The van der Waals surface area contributed by atoms with E-state index in [9.17, 15) is 0 Å². The molecule has 22 heavy (non-hydrogen) atoms. The number of fused-ring (bicyclic) bond motifs is 2. The van der Waals surface area contributed by atoms with E-state index in [2.05, 4.69) is 65.1 Å². The van der Waals surface area contributed by atoms with Crippen molar-refractivity contribution in [2.75, 3.05) is 30.1 Å². The van der Waals surface area contributed by atoms with E-state index < -0.39 is 0 Å². The average molecular weight is 450 g/mol. The minimum absolute atomic E-state index is 0.0915. The van der Waals surface area contributed by atoms with Crippen molar-refractivity contribution in [3.63, 3.8) is 0 Å². The lowest BCUT2D eigenvalue weighted by molar-refractivity contribution is 0.0595. The number of hydrogen-bond acceptors (Lipinski definition) is 6. The molecule has 3 aliphatic rings. The maximum Gasteiger partial charge on any atom is 0.188 e. The summed E-state index contributed by atoms with van der Waals surface area (Å²) in [6.07, 6.45) is 4.45. The summed E-state index contributed by atoms with van der Waals surface area (Å²) in [5.74, 6) is 0.984. The van der Waals surface area contributed by atoms with Gasteiger partial charge in [0.2, 0.25) is 0 Å². The molecule has 8 heteroatoms. The van der Waals surface area contributed by atoms with Crippen molar-refractivity contribution >= 4 is 54.1 Å². The van der Waals surface area contributed by atoms with Gasteiger partial charge in [0.1, 0.15) is 5.82 Å². The van der Waals surface area contributed by atoms with Crippen LogP contribution in [0.25, 0.3) is 0 Å². The fourth-order valence-corrected chi connectivity index (χ4v) is 5.74. The summed E-state index contributed by atoms with van der Waals surface area (Å²) in [6, 6.07) is 0.473. The van der Waals surface area contributed by atoms with Gasteiger partial charge >= 0.3 is 0 Å². The number of anilines is 2. The predicted molar refractivity (Wildman–Crippen MR) is 96.8 cm³/mol. The predicted octanol–water partition coefficient (Wildman–Crippen LogP) is 3.52. The van der Waals surface area contributed by atoms with Crippen LogP contribution in [0.5, 0.6) is 0 Å². The average Bonchev–Trinajstić information content (AvgIpc) is 3.10. The molecule has 0 spiro atoms. The first-order chi connectivity index (χ1) is 10.5. The highest BCUT2D eigenvalue weighted by Gasteiger charge is 2.47. The lowest BCUT2D eigenvalue weighted by Crippen LogP contribution is -2.54. The Balaban J connectivity index is 1.63. The third-order valence-corrected chi connectivity index (χ3v) is 7.42. The number of aromatic nitrogens is 1. The summed E-state index contributed by atoms with van der Waals surface area (Å²) in [5.41, 5.74) is 0.101. The zero-order chi connectivity index (χ0) is 15.5. The summed E-state index contributed by atoms with van der Waals surface area (Å²) >= 11 is 8.99. The number of morpholine rings is 1. The van der Waals surface area contributed by atoms with Gasteiger partial charge in [0.05, 0.1) is 29.4 Å². The molecular weight excluding hydrogens is 432 g/mol. The standard InChI is InChI=1S/C14H18Br2N4OS/c1-14-4-3-9(6-21-8-14)20(14)13-17-11(7-22-13)19-5-10(15)18(2)12(19)16/h5,7,9,12H,3-4,6,8H2,1-2H3/t9-,12?,14+/m1/s1. The Kier molecular flexibility index (Phi) is 3.71. The highest BCUT2D eigenvalue weighted by atomic mass is 79.9. The molecule has 2 fully saturated rings. The number of rotatable bonds is 2. The van der Waals surface area contributed by atoms with Gasteiger partial charge in [0, 0.05) is 18.6 Å². The van der Waals surface area contributed by atoms with Gasteiger partial charge in [-0.1, -0.05) is 0 Å². The Morgan fingerprint density at radius 2 is 2.32 bits per heavy atom. The lowest BCUT2D eigenvalue weighted by Gasteiger charge is -2.42. The van der Waals surface area contributed by atoms with E-state index in [1.54, 1.807) is 11.3 Å². The van der Waals surface area contributed by atoms with Gasteiger partial charge < -0.3 is 14.5 Å². The van der Waals surface area contributed by atoms with Gasteiger partial charge in [-0.3, -0.25) is 4.90 Å². The van der Waals surface area contributed by atoms with E-state index in [1.807, 2.05) is 7.05 Å². The largest absolute Gasteiger partial charge is 0.377 e. The van der Waals surface area contributed by atoms with Gasteiger partial charge in [0.25, 0.3) is 0 Å². The van der Waals surface area contributed by atoms with Crippen molar-refractivity contribution in [2.45, 2.75) is 36.4 Å². The molecule has 0 amide bonds. The molecule has 0 radical (unpaired) electrons. The van der Waals surface area contributed by atoms with Crippen LogP contribution in [-0.2, 0) is 4.74 Å². The molecule has 5 nitrogen and oxygen atoms in total. The summed E-state index contributed by atoms with van der Waals surface area (Å²) < 4.78 is 6.80. The molecule has 1 aromatic heterocycles. The Morgan fingerprint density at radius 1 is 1.50 bits per heavy atom. The molecular formula is C14H18Br2N4OS. The van der Waals surface area contributed by atoms with Gasteiger partial charge in [-0.25, -0.2) is 4.98 Å². The lowest BCUT2D eigenvalue weighted by atomic mass is 10.0. The van der Waals surface area contributed by atoms with E-state index in [0.29, 0.717) is 6.04 Å². The first-order valence-corrected chi connectivity index (χ1v) is 9.94. The second-order valence-corrected chi connectivity index (χ2v) is 8.81. The van der Waals surface area contributed by atoms with E-state index in [-0.39, 0.29) is 10.6 Å². The molecule has 4 rings (SSSR count). The number of ether oxygens (including phenoxy) is 1. The maximum atomic E-state index is 5.76. The molecule has 3 atom stereocenters. The quantitative estimate of drug-likeness (QED) is 0.509. The van der Waals surface area contributed by atoms with E-state index in [1.165, 1.54) is 12.8 Å². The fraction of sp³-hybridized carbons (Fsp3) is 0.643. The van der Waals surface area contributed by atoms with Crippen LogP contribution in [0.3, 0.4) is 0 Å². The van der Waals surface area contributed by atoms with Crippen LogP contribution >= 0.6 is 43.2 Å². The van der Waals surface area contributed by atoms with Gasteiger partial charge in [-0.15, -0.1) is 11.3 Å². The third kappa shape index (κ3) is 2.22. The second kappa shape index (κ2) is 5.36. The van der Waals surface area contributed by atoms with E-state index >= 15 is 0 Å². The third-order valence-electron chi connectivity index (χ3n) is 4.77. The smallest absolute Gasteiger partial charge is 0.188 e. The number of alkyl halides is 1. The van der Waals surface area contributed by atoms with Crippen molar-refractivity contribution in [3.05, 3.63) is 16.2 Å². The Bertz CT molecular complexity index is 620. The summed E-state index contributed by atoms with van der Waals surface area (Å²) in [7, 11) is 2.04. The van der Waals surface area contributed by atoms with Crippen LogP contribution in [0.4, 0.5) is 10.9 Å². The molecule has 2 bridgehead atoms. The van der Waals surface area contributed by atoms with Crippen molar-refractivity contribution in [1.82, 2.24) is 9.88 Å². The molecule has 3 aliphatic heterocycles. The molecule has 0 aromatic carbocycles. The Morgan fingerprint density at radius 3 is 3.00 bits per heavy atom. The Hall–Kier alpha value is -0.310. The molecule has 4 heterocycles. The highest BCUT2D eigenvalue weighted by molar-refractivity contribution is 9.12. The topological polar surface area (TPSA) is 31.8 Å². The first-order valence-electron chi connectivity index (χ1n) is 7.35. The number of hydrogen-bond donors (Lipinski definition) is 0. The van der Waals surface area contributed by atoms with Crippen LogP contribution in [0.1, 0.15) is 19.8 Å². The van der Waals surface area contributed by atoms with E-state index in [4.69, 9.17) is 9.72 Å². The Labute approximate surface area is 151 Å². The van der Waals surface area contributed by atoms with Gasteiger partial charge in [-0.05, 0) is 51.6 Å². The maximum absolute atomic E-state index is 5.76. The van der Waals surface area contributed by atoms with Crippen LogP contribution in [-0.4, -0.2) is 46.8 Å². The van der Waals surface area contributed by atoms with Crippen molar-refractivity contribution in [3.8, 4) is 0 Å². The zero-order valence-corrected chi connectivity index (χ0v) is 16.5. The summed E-state index contributed by atoms with van der Waals surface area (Å²) in [4.78, 5) is 11.7. The SMILES string of the molecule is CN1C(Br)=CN(c2csc(N3[C@@H]4CC[C@@]3(C)COC4)n2)C1Br. The molecule has 0 saturated carbocycles. The fourth-order valence-electron chi connectivity index (χ4n) is 3.49. The molecule has 120 valence electrons. The minimum atomic E-state index is 0.0915. The van der Waals surface area contributed by atoms with Crippen LogP contribution in [0.2, 0.25) is 0 Å². The van der Waals surface area contributed by atoms with Crippen LogP contribution < -0.4 is 9.80 Å². The molecule has 0 aliphatic carbocycles. The monoisotopic (exact) mass is 448 g/mol. The molecule has 0 N–H and O–H groups in total. The molecule has 1 aromatic rings. The van der Waals surface area contributed by atoms with Crippen molar-refractivity contribution in [2.24, 2.45) is 0 Å². The van der Waals surface area contributed by atoms with Crippen molar-refractivity contribution in [1.29, 1.82) is 0 Å². The highest BCUT2D eigenvalue weighted by Crippen LogP contribution is 2.44.